The van der Waals surface area contributed by atoms with Crippen molar-refractivity contribution in [3.63, 3.8) is 0 Å². The van der Waals surface area contributed by atoms with Crippen molar-refractivity contribution in [3.8, 4) is 28.6 Å². The second-order valence-corrected chi connectivity index (χ2v) is 10.3. The predicted octanol–water partition coefficient (Wildman–Crippen LogP) is -1.78. The lowest BCUT2D eigenvalue weighted by molar-refractivity contribution is -0.342. The highest BCUT2D eigenvalue weighted by Crippen LogP contribution is 2.46. The maximum Gasteiger partial charge on any atom is 0.197 e. The van der Waals surface area contributed by atoms with Crippen LogP contribution in [0, 0.1) is 0 Å². The first-order valence-electron chi connectivity index (χ1n) is 13.3. The monoisotopic (exact) mass is 608 g/mol. The van der Waals surface area contributed by atoms with Crippen LogP contribution in [-0.2, 0) is 14.2 Å². The zero-order valence-electron chi connectivity index (χ0n) is 22.6. The summed E-state index contributed by atoms with van der Waals surface area (Å²) in [6.45, 7) is -1.55. The van der Waals surface area contributed by atoms with Gasteiger partial charge < -0.3 is 69.3 Å². The minimum atomic E-state index is -1.89. The van der Waals surface area contributed by atoms with E-state index in [2.05, 4.69) is 0 Å². The van der Waals surface area contributed by atoms with Crippen LogP contribution in [0.2, 0.25) is 0 Å². The van der Waals surface area contributed by atoms with E-state index in [1.165, 1.54) is 37.4 Å². The van der Waals surface area contributed by atoms with Gasteiger partial charge in [0, 0.05) is 17.7 Å². The fourth-order valence-corrected chi connectivity index (χ4v) is 5.32. The van der Waals surface area contributed by atoms with Crippen molar-refractivity contribution in [2.45, 2.75) is 61.2 Å². The molecule has 0 bridgehead atoms. The Labute approximate surface area is 242 Å². The maximum absolute atomic E-state index is 13.3. The van der Waals surface area contributed by atoms with Gasteiger partial charge in [-0.2, -0.15) is 0 Å². The van der Waals surface area contributed by atoms with Crippen molar-refractivity contribution in [2.75, 3.05) is 20.3 Å². The molecule has 3 aromatic rings. The molecule has 43 heavy (non-hydrogen) atoms. The molecule has 9 N–H and O–H groups in total. The van der Waals surface area contributed by atoms with E-state index in [0.29, 0.717) is 5.56 Å². The van der Waals surface area contributed by atoms with Gasteiger partial charge in [-0.3, -0.25) is 4.79 Å². The highest BCUT2D eigenvalue weighted by atomic mass is 16.7. The molecule has 2 aliphatic heterocycles. The molecule has 2 aromatic carbocycles. The number of rotatable bonds is 7. The van der Waals surface area contributed by atoms with E-state index >= 15 is 0 Å². The SMILES string of the molecule is COc1cc2oc(-c3ccc(O)cc3)cc(=O)c2c(O)c1[C@@H]1O[C@H](CO)[C@H](O)[C@H](O)[C@@H]1O[C@@H]1O[C@H](CO)[C@H](O)[C@@H](O)[C@H]1O. The van der Waals surface area contributed by atoms with Crippen LogP contribution in [0.5, 0.6) is 17.2 Å². The lowest BCUT2D eigenvalue weighted by Crippen LogP contribution is -2.62. The average molecular weight is 609 g/mol. The smallest absolute Gasteiger partial charge is 0.197 e. The summed E-state index contributed by atoms with van der Waals surface area (Å²) in [7, 11) is 1.23. The largest absolute Gasteiger partial charge is 0.508 e. The van der Waals surface area contributed by atoms with E-state index in [4.69, 9.17) is 23.4 Å². The molecular weight excluding hydrogens is 576 g/mol. The van der Waals surface area contributed by atoms with Crippen LogP contribution in [0.4, 0.5) is 0 Å². The average Bonchev–Trinajstić information content (AvgIpc) is 2.99. The molecule has 15 nitrogen and oxygen atoms in total. The molecule has 3 heterocycles. The first-order valence-corrected chi connectivity index (χ1v) is 13.3. The van der Waals surface area contributed by atoms with Gasteiger partial charge in [0.25, 0.3) is 0 Å². The van der Waals surface area contributed by atoms with E-state index in [9.17, 15) is 50.8 Å². The van der Waals surface area contributed by atoms with Crippen molar-refractivity contribution in [1.29, 1.82) is 0 Å². The lowest BCUT2D eigenvalue weighted by Gasteiger charge is -2.46. The van der Waals surface area contributed by atoms with Crippen molar-refractivity contribution in [1.82, 2.24) is 0 Å². The van der Waals surface area contributed by atoms with Crippen LogP contribution < -0.4 is 10.2 Å². The van der Waals surface area contributed by atoms with Gasteiger partial charge in [-0.25, -0.2) is 0 Å². The minimum Gasteiger partial charge on any atom is -0.508 e. The van der Waals surface area contributed by atoms with Gasteiger partial charge in [-0.05, 0) is 24.3 Å². The molecule has 0 saturated carbocycles. The number of aliphatic hydroxyl groups excluding tert-OH is 7. The highest BCUT2D eigenvalue weighted by Gasteiger charge is 2.52. The molecule has 0 amide bonds. The lowest BCUT2D eigenvalue weighted by atomic mass is 9.89. The van der Waals surface area contributed by atoms with Crippen molar-refractivity contribution in [2.24, 2.45) is 0 Å². The number of aromatic hydroxyl groups is 2. The van der Waals surface area contributed by atoms with Gasteiger partial charge in [0.15, 0.2) is 11.7 Å². The van der Waals surface area contributed by atoms with Gasteiger partial charge in [-0.1, -0.05) is 0 Å². The number of fused-ring (bicyclic) bond motifs is 1. The number of benzene rings is 2. The Morgan fingerprint density at radius 2 is 1.44 bits per heavy atom. The molecule has 2 fully saturated rings. The summed E-state index contributed by atoms with van der Waals surface area (Å²) in [5.41, 5.74) is -0.591. The van der Waals surface area contributed by atoms with E-state index in [0.717, 1.165) is 6.07 Å². The topological polar surface area (TPSA) is 249 Å². The fourth-order valence-electron chi connectivity index (χ4n) is 5.32. The summed E-state index contributed by atoms with van der Waals surface area (Å²) in [6.07, 6.45) is -16.9. The van der Waals surface area contributed by atoms with Gasteiger partial charge in [0.1, 0.15) is 88.9 Å². The molecule has 10 atom stereocenters. The number of phenols is 2. The zero-order valence-corrected chi connectivity index (χ0v) is 22.6. The standard InChI is InChI=1S/C28H32O15/c1-39-14-7-15-18(12(32)6-13(40-15)10-2-4-11(31)5-3-10)22(35)19(14)26-27(24(37)21(34)16(8-29)41-26)43-28-25(38)23(36)20(33)17(9-30)42-28/h2-7,16-17,20-21,23-31,33-38H,8-9H2,1H3/t16-,17-,20+,21+,23-,24+,25-,26+,27+,28+/m1/s1. The molecule has 15 heteroatoms. The summed E-state index contributed by atoms with van der Waals surface area (Å²) in [4.78, 5) is 13.3. The van der Waals surface area contributed by atoms with E-state index in [1.54, 1.807) is 0 Å². The maximum atomic E-state index is 13.3. The fraction of sp³-hybridized carbons (Fsp3) is 0.464. The van der Waals surface area contributed by atoms with Gasteiger partial charge >= 0.3 is 0 Å². The minimum absolute atomic E-state index is 0.00250. The first-order chi connectivity index (χ1) is 20.5. The summed E-state index contributed by atoms with van der Waals surface area (Å²) in [6, 6.07) is 8.22. The van der Waals surface area contributed by atoms with Crippen molar-refractivity contribution < 1.29 is 69.3 Å². The van der Waals surface area contributed by atoms with E-state index < -0.39 is 85.6 Å². The highest BCUT2D eigenvalue weighted by molar-refractivity contribution is 5.88. The Morgan fingerprint density at radius 1 is 0.814 bits per heavy atom. The number of phenolic OH excluding ortho intramolecular Hbond substituents is 2. The first kappa shape index (κ1) is 31.1. The van der Waals surface area contributed by atoms with E-state index in [-0.39, 0.29) is 33.8 Å². The van der Waals surface area contributed by atoms with E-state index in [1.807, 2.05) is 0 Å². The molecule has 1 aromatic heterocycles. The summed E-state index contributed by atoms with van der Waals surface area (Å²) < 4.78 is 28.3. The predicted molar refractivity (Wildman–Crippen MR) is 143 cm³/mol. The quantitative estimate of drug-likeness (QED) is 0.144. The second kappa shape index (κ2) is 12.3. The molecule has 2 aliphatic rings. The third kappa shape index (κ3) is 5.56. The van der Waals surface area contributed by atoms with Crippen LogP contribution in [-0.4, -0.2) is 121 Å². The molecular formula is C28H32O15. The van der Waals surface area contributed by atoms with Crippen LogP contribution in [0.3, 0.4) is 0 Å². The molecule has 0 aliphatic carbocycles. The number of hydrogen-bond acceptors (Lipinski definition) is 15. The van der Waals surface area contributed by atoms with Crippen LogP contribution in [0.1, 0.15) is 11.7 Å². The van der Waals surface area contributed by atoms with Gasteiger partial charge in [0.2, 0.25) is 0 Å². The zero-order chi connectivity index (χ0) is 31.2. The summed E-state index contributed by atoms with van der Waals surface area (Å²) in [5.74, 6) is -0.711. The van der Waals surface area contributed by atoms with Gasteiger partial charge in [0.05, 0.1) is 25.9 Å². The normalized spacial score (nSPS) is 33.0. The number of methoxy groups -OCH3 is 1. The third-order valence-electron chi connectivity index (χ3n) is 7.66. The Bertz CT molecular complexity index is 1490. The van der Waals surface area contributed by atoms with Gasteiger partial charge in [-0.15, -0.1) is 0 Å². The number of hydrogen-bond donors (Lipinski definition) is 9. The Morgan fingerprint density at radius 3 is 2.07 bits per heavy atom. The van der Waals surface area contributed by atoms with Crippen molar-refractivity contribution >= 4 is 11.0 Å². The number of ether oxygens (including phenoxy) is 4. The molecule has 0 spiro atoms. The van der Waals surface area contributed by atoms with Crippen LogP contribution in [0.15, 0.2) is 45.6 Å². The van der Waals surface area contributed by atoms with Crippen LogP contribution >= 0.6 is 0 Å². The Hall–Kier alpha value is -3.35. The summed E-state index contributed by atoms with van der Waals surface area (Å²) in [5, 5.41) is 92.6. The molecule has 5 rings (SSSR count). The Balaban J connectivity index is 1.61. The molecule has 0 radical (unpaired) electrons. The van der Waals surface area contributed by atoms with Crippen molar-refractivity contribution in [3.05, 3.63) is 52.2 Å². The molecule has 2 saturated heterocycles. The third-order valence-corrected chi connectivity index (χ3v) is 7.66. The Kier molecular flexibility index (Phi) is 8.92. The number of aliphatic hydroxyl groups is 7. The van der Waals surface area contributed by atoms with Crippen LogP contribution in [0.25, 0.3) is 22.3 Å². The molecule has 234 valence electrons. The summed E-state index contributed by atoms with van der Waals surface area (Å²) >= 11 is 0. The second-order valence-electron chi connectivity index (χ2n) is 10.3. The molecule has 0 unspecified atom stereocenters.